The zero-order chi connectivity index (χ0) is 13.3. The van der Waals surface area contributed by atoms with Crippen molar-refractivity contribution in [1.82, 2.24) is 9.78 Å². The zero-order valence-corrected chi connectivity index (χ0v) is 10.5. The minimum atomic E-state index is -1.04. The van der Waals surface area contributed by atoms with E-state index in [0.29, 0.717) is 5.69 Å². The van der Waals surface area contributed by atoms with Crippen LogP contribution in [-0.4, -0.2) is 28.0 Å². The smallest absolute Gasteiger partial charge is 0.356 e. The summed E-state index contributed by atoms with van der Waals surface area (Å²) in [5.41, 5.74) is 2.57. The summed E-state index contributed by atoms with van der Waals surface area (Å²) >= 11 is 0. The molecule has 5 heteroatoms. The van der Waals surface area contributed by atoms with E-state index >= 15 is 0 Å². The highest BCUT2D eigenvalue weighted by molar-refractivity contribution is 5.87. The molecule has 0 atom stereocenters. The maximum Gasteiger partial charge on any atom is 0.356 e. The number of hydrogen-bond donors (Lipinski definition) is 1. The summed E-state index contributed by atoms with van der Waals surface area (Å²) in [6.45, 7) is 1.94. The SMILES string of the molecule is COc1c(C)cccc1-c1cc(C(=O)O)nn1C. The van der Waals surface area contributed by atoms with Crippen LogP contribution < -0.4 is 4.74 Å². The van der Waals surface area contributed by atoms with Crippen LogP contribution in [-0.2, 0) is 7.05 Å². The van der Waals surface area contributed by atoms with Crippen LogP contribution in [0.2, 0.25) is 0 Å². The van der Waals surface area contributed by atoms with Gasteiger partial charge in [0, 0.05) is 12.6 Å². The summed E-state index contributed by atoms with van der Waals surface area (Å²) < 4.78 is 6.91. The van der Waals surface area contributed by atoms with Crippen LogP contribution in [0.1, 0.15) is 16.1 Å². The van der Waals surface area contributed by atoms with E-state index in [1.54, 1.807) is 24.9 Å². The van der Waals surface area contributed by atoms with Gasteiger partial charge >= 0.3 is 5.97 Å². The standard InChI is InChI=1S/C13H14N2O3/c1-8-5-4-6-9(12(8)18-3)11-7-10(13(16)17)14-15(11)2/h4-7H,1-3H3,(H,16,17). The summed E-state index contributed by atoms with van der Waals surface area (Å²) in [4.78, 5) is 10.9. The molecule has 0 spiro atoms. The summed E-state index contributed by atoms with van der Waals surface area (Å²) in [6, 6.07) is 7.27. The second-order valence-corrected chi connectivity index (χ2v) is 4.00. The third kappa shape index (κ3) is 1.95. The van der Waals surface area contributed by atoms with Gasteiger partial charge < -0.3 is 9.84 Å². The molecule has 18 heavy (non-hydrogen) atoms. The van der Waals surface area contributed by atoms with Crippen molar-refractivity contribution in [3.05, 3.63) is 35.5 Å². The molecule has 0 fully saturated rings. The third-order valence-corrected chi connectivity index (χ3v) is 2.79. The number of aryl methyl sites for hydroxylation is 2. The molecule has 0 radical (unpaired) electrons. The molecule has 0 unspecified atom stereocenters. The number of aromatic carboxylic acids is 1. The van der Waals surface area contributed by atoms with E-state index in [1.165, 1.54) is 0 Å². The number of benzene rings is 1. The van der Waals surface area contributed by atoms with Crippen molar-refractivity contribution in [1.29, 1.82) is 0 Å². The van der Waals surface area contributed by atoms with E-state index in [9.17, 15) is 4.79 Å². The Bertz CT molecular complexity index is 602. The normalized spacial score (nSPS) is 10.4. The number of carbonyl (C=O) groups is 1. The maximum atomic E-state index is 10.9. The lowest BCUT2D eigenvalue weighted by Gasteiger charge is -2.10. The van der Waals surface area contributed by atoms with Crippen LogP contribution in [0, 0.1) is 6.92 Å². The number of carboxylic acid groups (broad SMARTS) is 1. The topological polar surface area (TPSA) is 64.3 Å². The molecule has 1 N–H and O–H groups in total. The zero-order valence-electron chi connectivity index (χ0n) is 10.5. The number of ether oxygens (including phenoxy) is 1. The monoisotopic (exact) mass is 246 g/mol. The van der Waals surface area contributed by atoms with E-state index in [-0.39, 0.29) is 5.69 Å². The molecule has 0 aliphatic rings. The van der Waals surface area contributed by atoms with E-state index in [2.05, 4.69) is 5.10 Å². The predicted molar refractivity (Wildman–Crippen MR) is 66.9 cm³/mol. The molecule has 1 aromatic carbocycles. The second-order valence-electron chi connectivity index (χ2n) is 4.00. The van der Waals surface area contributed by atoms with E-state index in [1.807, 2.05) is 25.1 Å². The summed E-state index contributed by atoms with van der Waals surface area (Å²) in [5, 5.41) is 12.9. The van der Waals surface area contributed by atoms with Gasteiger partial charge in [0.2, 0.25) is 0 Å². The highest BCUT2D eigenvalue weighted by atomic mass is 16.5. The van der Waals surface area contributed by atoms with E-state index in [0.717, 1.165) is 16.9 Å². The van der Waals surface area contributed by atoms with Crippen molar-refractivity contribution in [2.75, 3.05) is 7.11 Å². The Labute approximate surface area is 105 Å². The Kier molecular flexibility index (Phi) is 3.06. The molecule has 0 saturated heterocycles. The van der Waals surface area contributed by atoms with Gasteiger partial charge in [0.15, 0.2) is 5.69 Å². The van der Waals surface area contributed by atoms with Crippen molar-refractivity contribution in [3.63, 3.8) is 0 Å². The van der Waals surface area contributed by atoms with Gasteiger partial charge in [-0.2, -0.15) is 5.10 Å². The Balaban J connectivity index is 2.62. The van der Waals surface area contributed by atoms with Gasteiger partial charge in [-0.3, -0.25) is 4.68 Å². The lowest BCUT2D eigenvalue weighted by molar-refractivity contribution is 0.0689. The van der Waals surface area contributed by atoms with Crippen LogP contribution in [0.25, 0.3) is 11.3 Å². The van der Waals surface area contributed by atoms with Gasteiger partial charge in [0.25, 0.3) is 0 Å². The number of hydrogen-bond acceptors (Lipinski definition) is 3. The van der Waals surface area contributed by atoms with Gasteiger partial charge in [0.05, 0.1) is 12.8 Å². The molecule has 1 heterocycles. The molecule has 0 bridgehead atoms. The van der Waals surface area contributed by atoms with Crippen molar-refractivity contribution >= 4 is 5.97 Å². The lowest BCUT2D eigenvalue weighted by Crippen LogP contribution is -1.99. The third-order valence-electron chi connectivity index (χ3n) is 2.79. The van der Waals surface area contributed by atoms with Crippen LogP contribution in [0.4, 0.5) is 0 Å². The molecular weight excluding hydrogens is 232 g/mol. The number of aromatic nitrogens is 2. The molecule has 0 aliphatic carbocycles. The van der Waals surface area contributed by atoms with Crippen molar-refractivity contribution < 1.29 is 14.6 Å². The molecular formula is C13H14N2O3. The molecule has 0 aliphatic heterocycles. The average Bonchev–Trinajstić information content (AvgIpc) is 2.71. The fraction of sp³-hybridized carbons (Fsp3) is 0.231. The van der Waals surface area contributed by atoms with E-state index in [4.69, 9.17) is 9.84 Å². The molecule has 5 nitrogen and oxygen atoms in total. The average molecular weight is 246 g/mol. The first-order valence-corrected chi connectivity index (χ1v) is 5.46. The number of nitrogens with zero attached hydrogens (tertiary/aromatic N) is 2. The summed E-state index contributed by atoms with van der Waals surface area (Å²) in [6.07, 6.45) is 0. The Morgan fingerprint density at radius 1 is 1.44 bits per heavy atom. The van der Waals surface area contributed by atoms with Gasteiger partial charge in [-0.25, -0.2) is 4.79 Å². The van der Waals surface area contributed by atoms with Crippen molar-refractivity contribution in [2.45, 2.75) is 6.92 Å². The molecule has 0 amide bonds. The Morgan fingerprint density at radius 3 is 2.72 bits per heavy atom. The van der Waals surface area contributed by atoms with Crippen LogP contribution in [0.15, 0.2) is 24.3 Å². The van der Waals surface area contributed by atoms with Crippen LogP contribution >= 0.6 is 0 Å². The number of rotatable bonds is 3. The van der Waals surface area contributed by atoms with Gasteiger partial charge in [-0.05, 0) is 24.6 Å². The Morgan fingerprint density at radius 2 is 2.17 bits per heavy atom. The largest absolute Gasteiger partial charge is 0.496 e. The fourth-order valence-electron chi connectivity index (χ4n) is 1.95. The molecule has 94 valence electrons. The van der Waals surface area contributed by atoms with E-state index < -0.39 is 5.97 Å². The van der Waals surface area contributed by atoms with Crippen LogP contribution in [0.3, 0.4) is 0 Å². The number of methoxy groups -OCH3 is 1. The Hall–Kier alpha value is -2.30. The maximum absolute atomic E-state index is 10.9. The highest BCUT2D eigenvalue weighted by Crippen LogP contribution is 2.32. The summed E-state index contributed by atoms with van der Waals surface area (Å²) in [5.74, 6) is -0.305. The minimum Gasteiger partial charge on any atom is -0.496 e. The van der Waals surface area contributed by atoms with Gasteiger partial charge in [0.1, 0.15) is 5.75 Å². The highest BCUT2D eigenvalue weighted by Gasteiger charge is 2.16. The minimum absolute atomic E-state index is 0.0241. The van der Waals surface area contributed by atoms with Crippen molar-refractivity contribution in [2.24, 2.45) is 7.05 Å². The van der Waals surface area contributed by atoms with Gasteiger partial charge in [-0.15, -0.1) is 0 Å². The fourth-order valence-corrected chi connectivity index (χ4v) is 1.95. The predicted octanol–water partition coefficient (Wildman–Crippen LogP) is 2.10. The first kappa shape index (κ1) is 12.2. The first-order valence-electron chi connectivity index (χ1n) is 5.46. The summed E-state index contributed by atoms with van der Waals surface area (Å²) in [7, 11) is 3.31. The number of carboxylic acids is 1. The first-order chi connectivity index (χ1) is 8.54. The number of para-hydroxylation sites is 1. The molecule has 0 saturated carbocycles. The molecule has 2 aromatic rings. The molecule has 2 rings (SSSR count). The second kappa shape index (κ2) is 4.52. The molecule has 1 aromatic heterocycles. The van der Waals surface area contributed by atoms with Crippen LogP contribution in [0.5, 0.6) is 5.75 Å². The quantitative estimate of drug-likeness (QED) is 0.900. The lowest BCUT2D eigenvalue weighted by atomic mass is 10.1. The van der Waals surface area contributed by atoms with Crippen molar-refractivity contribution in [3.8, 4) is 17.0 Å². The van der Waals surface area contributed by atoms with Gasteiger partial charge in [-0.1, -0.05) is 12.1 Å².